The number of aromatic amines is 1. The van der Waals surface area contributed by atoms with Gasteiger partial charge in [0, 0.05) is 10.9 Å². The average molecular weight is 355 g/mol. The first-order valence-electron chi connectivity index (χ1n) is 7.60. The lowest BCUT2D eigenvalue weighted by Crippen LogP contribution is -2.12. The van der Waals surface area contributed by atoms with Crippen molar-refractivity contribution in [2.75, 3.05) is 16.8 Å². The second kappa shape index (κ2) is 5.75. The number of aromatic nitrogens is 5. The number of hydrogen-bond donors (Lipinski definition) is 4. The molecule has 0 aliphatic carbocycles. The SMILES string of the molecule is CC(Nc1nc(N)nc2nc[nH]c12)c1cc2cccc(Cl)c2nc1N. The zero-order chi connectivity index (χ0) is 17.6. The number of halogens is 1. The van der Waals surface area contributed by atoms with Crippen LogP contribution in [0.25, 0.3) is 22.1 Å². The lowest BCUT2D eigenvalue weighted by Gasteiger charge is -2.17. The standard InChI is InChI=1S/C16H15ClN8/c1-7(22-15-12-14(21-6-20-12)24-16(19)25-15)9-5-8-3-2-4-10(17)11(8)23-13(9)18/h2-7H,1H3,(H2,18,23)(H4,19,20,21,22,24,25). The molecule has 1 aromatic carbocycles. The van der Waals surface area contributed by atoms with Crippen LogP contribution in [0.15, 0.2) is 30.6 Å². The number of nitrogen functional groups attached to an aromatic ring is 2. The van der Waals surface area contributed by atoms with Gasteiger partial charge in [0.1, 0.15) is 11.3 Å². The maximum absolute atomic E-state index is 6.19. The Kier molecular flexibility index (Phi) is 3.54. The third-order valence-electron chi connectivity index (χ3n) is 3.98. The van der Waals surface area contributed by atoms with Crippen molar-refractivity contribution in [3.05, 3.63) is 41.2 Å². The number of nitrogens with two attached hydrogens (primary N) is 2. The number of nitrogens with one attached hydrogen (secondary N) is 2. The van der Waals surface area contributed by atoms with Gasteiger partial charge in [-0.05, 0) is 19.1 Å². The largest absolute Gasteiger partial charge is 0.383 e. The maximum atomic E-state index is 6.19. The minimum atomic E-state index is -0.170. The molecule has 0 amide bonds. The molecular formula is C16H15ClN8. The molecule has 0 saturated heterocycles. The van der Waals surface area contributed by atoms with E-state index in [1.54, 1.807) is 12.4 Å². The summed E-state index contributed by atoms with van der Waals surface area (Å²) in [5, 5.41) is 4.78. The topological polar surface area (TPSA) is 131 Å². The summed E-state index contributed by atoms with van der Waals surface area (Å²) in [6.45, 7) is 1.96. The molecule has 0 radical (unpaired) electrons. The van der Waals surface area contributed by atoms with E-state index in [0.29, 0.717) is 33.3 Å². The van der Waals surface area contributed by atoms with Crippen LogP contribution in [0.1, 0.15) is 18.5 Å². The van der Waals surface area contributed by atoms with Crippen LogP contribution in [-0.4, -0.2) is 24.9 Å². The third kappa shape index (κ3) is 2.66. The second-order valence-electron chi connectivity index (χ2n) is 5.67. The van der Waals surface area contributed by atoms with Crippen LogP contribution >= 0.6 is 11.6 Å². The first-order chi connectivity index (χ1) is 12.0. The number of rotatable bonds is 3. The van der Waals surface area contributed by atoms with Gasteiger partial charge in [0.15, 0.2) is 11.5 Å². The Morgan fingerprint density at radius 3 is 2.88 bits per heavy atom. The van der Waals surface area contributed by atoms with Crippen LogP contribution in [-0.2, 0) is 0 Å². The molecule has 25 heavy (non-hydrogen) atoms. The number of anilines is 3. The summed E-state index contributed by atoms with van der Waals surface area (Å²) in [6, 6.07) is 7.41. The van der Waals surface area contributed by atoms with Crippen LogP contribution in [0.5, 0.6) is 0 Å². The first-order valence-corrected chi connectivity index (χ1v) is 7.98. The molecule has 0 aliphatic heterocycles. The van der Waals surface area contributed by atoms with Gasteiger partial charge in [0.05, 0.1) is 22.9 Å². The summed E-state index contributed by atoms with van der Waals surface area (Å²) >= 11 is 6.19. The minimum Gasteiger partial charge on any atom is -0.383 e. The van der Waals surface area contributed by atoms with Gasteiger partial charge in [-0.15, -0.1) is 0 Å². The van der Waals surface area contributed by atoms with Crippen LogP contribution in [0, 0.1) is 0 Å². The molecule has 4 aromatic rings. The number of fused-ring (bicyclic) bond motifs is 2. The van der Waals surface area contributed by atoms with E-state index in [1.807, 2.05) is 25.1 Å². The van der Waals surface area contributed by atoms with E-state index >= 15 is 0 Å². The monoisotopic (exact) mass is 354 g/mol. The Balaban J connectivity index is 1.75. The normalized spacial score (nSPS) is 12.6. The summed E-state index contributed by atoms with van der Waals surface area (Å²) in [7, 11) is 0. The fraction of sp³-hybridized carbons (Fsp3) is 0.125. The Labute approximate surface area is 147 Å². The highest BCUT2D eigenvalue weighted by molar-refractivity contribution is 6.35. The van der Waals surface area contributed by atoms with E-state index < -0.39 is 0 Å². The fourth-order valence-electron chi connectivity index (χ4n) is 2.78. The summed E-state index contributed by atoms with van der Waals surface area (Å²) in [6.07, 6.45) is 1.54. The van der Waals surface area contributed by atoms with E-state index in [9.17, 15) is 0 Å². The highest BCUT2D eigenvalue weighted by Crippen LogP contribution is 2.30. The van der Waals surface area contributed by atoms with Crippen molar-refractivity contribution in [3.8, 4) is 0 Å². The molecule has 1 unspecified atom stereocenters. The van der Waals surface area contributed by atoms with Crippen molar-refractivity contribution in [1.82, 2.24) is 24.9 Å². The van der Waals surface area contributed by atoms with Crippen molar-refractivity contribution in [3.63, 3.8) is 0 Å². The summed E-state index contributed by atoms with van der Waals surface area (Å²) in [5.74, 6) is 1.10. The van der Waals surface area contributed by atoms with Crippen LogP contribution in [0.3, 0.4) is 0 Å². The van der Waals surface area contributed by atoms with Gasteiger partial charge in [-0.25, -0.2) is 9.97 Å². The summed E-state index contributed by atoms with van der Waals surface area (Å²) < 4.78 is 0. The molecule has 126 valence electrons. The van der Waals surface area contributed by atoms with E-state index in [0.717, 1.165) is 10.9 Å². The number of imidazole rings is 1. The van der Waals surface area contributed by atoms with E-state index in [4.69, 9.17) is 23.1 Å². The smallest absolute Gasteiger partial charge is 0.224 e. The van der Waals surface area contributed by atoms with Gasteiger partial charge in [0.2, 0.25) is 5.95 Å². The average Bonchev–Trinajstić information content (AvgIpc) is 3.03. The quantitative estimate of drug-likeness (QED) is 0.444. The Morgan fingerprint density at radius 1 is 1.20 bits per heavy atom. The van der Waals surface area contributed by atoms with E-state index in [1.165, 1.54) is 0 Å². The lowest BCUT2D eigenvalue weighted by molar-refractivity contribution is 0.875. The molecule has 3 heterocycles. The third-order valence-corrected chi connectivity index (χ3v) is 4.28. The van der Waals surface area contributed by atoms with Gasteiger partial charge in [-0.1, -0.05) is 23.7 Å². The molecule has 1 atom stereocenters. The van der Waals surface area contributed by atoms with Crippen LogP contribution in [0.2, 0.25) is 5.02 Å². The number of hydrogen-bond acceptors (Lipinski definition) is 7. The first kappa shape index (κ1) is 15.4. The number of nitrogens with zero attached hydrogens (tertiary/aromatic N) is 4. The molecule has 0 bridgehead atoms. The zero-order valence-corrected chi connectivity index (χ0v) is 14.0. The van der Waals surface area contributed by atoms with Gasteiger partial charge in [-0.3, -0.25) is 0 Å². The highest BCUT2D eigenvalue weighted by atomic mass is 35.5. The van der Waals surface area contributed by atoms with Crippen LogP contribution in [0.4, 0.5) is 17.6 Å². The van der Waals surface area contributed by atoms with Gasteiger partial charge in [-0.2, -0.15) is 9.97 Å². The van der Waals surface area contributed by atoms with Crippen molar-refractivity contribution in [2.45, 2.75) is 13.0 Å². The zero-order valence-electron chi connectivity index (χ0n) is 13.3. The predicted molar refractivity (Wildman–Crippen MR) is 99.3 cm³/mol. The Hall–Kier alpha value is -3.13. The van der Waals surface area contributed by atoms with Gasteiger partial charge in [0.25, 0.3) is 0 Å². The second-order valence-corrected chi connectivity index (χ2v) is 6.08. The molecule has 4 rings (SSSR count). The van der Waals surface area contributed by atoms with Gasteiger partial charge >= 0.3 is 0 Å². The molecule has 3 aromatic heterocycles. The fourth-order valence-corrected chi connectivity index (χ4v) is 3.00. The summed E-state index contributed by atoms with van der Waals surface area (Å²) in [5.41, 5.74) is 14.6. The van der Waals surface area contributed by atoms with Crippen molar-refractivity contribution < 1.29 is 0 Å². The number of para-hydroxylation sites is 1. The predicted octanol–water partition coefficient (Wildman–Crippen LogP) is 2.89. The molecule has 0 spiro atoms. The lowest BCUT2D eigenvalue weighted by atomic mass is 10.1. The van der Waals surface area contributed by atoms with Crippen LogP contribution < -0.4 is 16.8 Å². The molecule has 0 saturated carbocycles. The number of H-pyrrole nitrogens is 1. The molecule has 0 aliphatic rings. The van der Waals surface area contributed by atoms with E-state index in [-0.39, 0.29) is 12.0 Å². The van der Waals surface area contributed by atoms with Crippen molar-refractivity contribution in [1.29, 1.82) is 0 Å². The minimum absolute atomic E-state index is 0.144. The molecule has 0 fully saturated rings. The molecule has 6 N–H and O–H groups in total. The van der Waals surface area contributed by atoms with E-state index in [2.05, 4.69) is 30.2 Å². The molecule has 9 heteroatoms. The van der Waals surface area contributed by atoms with Crippen molar-refractivity contribution >= 4 is 51.3 Å². The van der Waals surface area contributed by atoms with Gasteiger partial charge < -0.3 is 21.8 Å². The van der Waals surface area contributed by atoms with Crippen molar-refractivity contribution in [2.24, 2.45) is 0 Å². The molecule has 8 nitrogen and oxygen atoms in total. The summed E-state index contributed by atoms with van der Waals surface area (Å²) in [4.78, 5) is 19.9. The molecular weight excluding hydrogens is 340 g/mol. The maximum Gasteiger partial charge on any atom is 0.224 e. The number of pyridine rings is 1. The Bertz CT molecular complexity index is 1090. The Morgan fingerprint density at radius 2 is 2.04 bits per heavy atom. The highest BCUT2D eigenvalue weighted by Gasteiger charge is 2.16. The number of benzene rings is 1.